The molecule has 18 heavy (non-hydrogen) atoms. The summed E-state index contributed by atoms with van der Waals surface area (Å²) < 4.78 is 1.98. The van der Waals surface area contributed by atoms with Gasteiger partial charge in [-0.3, -0.25) is 4.90 Å². The van der Waals surface area contributed by atoms with E-state index in [4.69, 9.17) is 0 Å². The molecule has 1 saturated heterocycles. The van der Waals surface area contributed by atoms with Crippen molar-refractivity contribution in [3.63, 3.8) is 0 Å². The first kappa shape index (κ1) is 13.5. The van der Waals surface area contributed by atoms with Gasteiger partial charge in [-0.25, -0.2) is 9.67 Å². The Hall–Kier alpha value is -0.940. The number of hydrogen-bond acceptors (Lipinski definition) is 4. The number of nitrogens with zero attached hydrogens (tertiary/aromatic N) is 4. The predicted molar refractivity (Wildman–Crippen MR) is 72.4 cm³/mol. The van der Waals surface area contributed by atoms with E-state index >= 15 is 0 Å². The lowest BCUT2D eigenvalue weighted by atomic mass is 10.3. The number of nitrogens with one attached hydrogen (secondary N) is 1. The minimum Gasteiger partial charge on any atom is -0.308 e. The normalized spacial score (nSPS) is 18.7. The van der Waals surface area contributed by atoms with Crippen LogP contribution in [0, 0.1) is 0 Å². The van der Waals surface area contributed by atoms with Crippen molar-refractivity contribution in [2.24, 2.45) is 0 Å². The highest BCUT2D eigenvalue weighted by Gasteiger charge is 2.17. The second-order valence-electron chi connectivity index (χ2n) is 5.44. The summed E-state index contributed by atoms with van der Waals surface area (Å²) in [5, 5.41) is 7.74. The zero-order valence-electron chi connectivity index (χ0n) is 11.8. The van der Waals surface area contributed by atoms with Crippen LogP contribution in [0.4, 0.5) is 0 Å². The predicted octanol–water partition coefficient (Wildman–Crippen LogP) is 1.43. The molecule has 0 aromatic carbocycles. The number of hydrogen-bond donors (Lipinski definition) is 1. The lowest BCUT2D eigenvalue weighted by Gasteiger charge is -2.23. The summed E-state index contributed by atoms with van der Waals surface area (Å²) in [6.45, 7) is 10.9. The average Bonchev–Trinajstić information content (AvgIpc) is 2.99. The van der Waals surface area contributed by atoms with E-state index < -0.39 is 0 Å². The van der Waals surface area contributed by atoms with Gasteiger partial charge in [-0.15, -0.1) is 0 Å². The van der Waals surface area contributed by atoms with Gasteiger partial charge in [0.25, 0.3) is 0 Å². The molecule has 2 rings (SSSR count). The quantitative estimate of drug-likeness (QED) is 0.831. The Morgan fingerprint density at radius 1 is 1.28 bits per heavy atom. The zero-order valence-corrected chi connectivity index (χ0v) is 11.8. The van der Waals surface area contributed by atoms with E-state index in [0.29, 0.717) is 12.1 Å². The second-order valence-corrected chi connectivity index (χ2v) is 5.44. The van der Waals surface area contributed by atoms with Crippen LogP contribution in [0.5, 0.6) is 0 Å². The van der Waals surface area contributed by atoms with Gasteiger partial charge in [0, 0.05) is 18.6 Å². The van der Waals surface area contributed by atoms with Crippen LogP contribution in [0.1, 0.15) is 45.5 Å². The van der Waals surface area contributed by atoms with Crippen LogP contribution in [0.25, 0.3) is 0 Å². The highest BCUT2D eigenvalue weighted by molar-refractivity contribution is 4.86. The monoisotopic (exact) mass is 251 g/mol. The number of aromatic nitrogens is 3. The van der Waals surface area contributed by atoms with Crippen LogP contribution in [-0.2, 0) is 6.54 Å². The molecule has 1 N–H and O–H groups in total. The largest absolute Gasteiger partial charge is 0.308 e. The van der Waals surface area contributed by atoms with E-state index in [1.807, 2.05) is 4.68 Å². The van der Waals surface area contributed by atoms with E-state index in [1.165, 1.54) is 25.9 Å². The summed E-state index contributed by atoms with van der Waals surface area (Å²) in [5.41, 5.74) is 0. The molecule has 0 amide bonds. The first-order valence-electron chi connectivity index (χ1n) is 7.01. The molecule has 102 valence electrons. The molecule has 1 aliphatic heterocycles. The van der Waals surface area contributed by atoms with Crippen LogP contribution >= 0.6 is 0 Å². The summed E-state index contributed by atoms with van der Waals surface area (Å²) in [6, 6.07) is 0.989. The molecular formula is C13H25N5. The molecule has 1 atom stereocenters. The Balaban J connectivity index is 1.75. The summed E-state index contributed by atoms with van der Waals surface area (Å²) in [7, 11) is 0. The maximum absolute atomic E-state index is 4.31. The van der Waals surface area contributed by atoms with E-state index in [0.717, 1.165) is 18.9 Å². The molecule has 1 aromatic heterocycles. The molecule has 0 radical (unpaired) electrons. The molecule has 5 heteroatoms. The molecule has 0 spiro atoms. The molecule has 5 nitrogen and oxygen atoms in total. The third kappa shape index (κ3) is 3.29. The molecule has 1 fully saturated rings. The van der Waals surface area contributed by atoms with Gasteiger partial charge in [0.1, 0.15) is 12.2 Å². The maximum Gasteiger partial charge on any atom is 0.141 e. The van der Waals surface area contributed by atoms with Crippen LogP contribution in [-0.4, -0.2) is 45.3 Å². The lowest BCUT2D eigenvalue weighted by Crippen LogP contribution is -2.38. The molecule has 1 aliphatic rings. The van der Waals surface area contributed by atoms with Gasteiger partial charge < -0.3 is 5.32 Å². The van der Waals surface area contributed by atoms with Crippen LogP contribution in [0.2, 0.25) is 0 Å². The topological polar surface area (TPSA) is 46.0 Å². The van der Waals surface area contributed by atoms with Gasteiger partial charge in [0.15, 0.2) is 0 Å². The Morgan fingerprint density at radius 2 is 2.00 bits per heavy atom. The van der Waals surface area contributed by atoms with Crippen molar-refractivity contribution in [2.45, 2.75) is 52.2 Å². The first-order valence-corrected chi connectivity index (χ1v) is 7.01. The molecular weight excluding hydrogens is 226 g/mol. The van der Waals surface area contributed by atoms with Crippen LogP contribution in [0.15, 0.2) is 6.33 Å². The van der Waals surface area contributed by atoms with Crippen molar-refractivity contribution >= 4 is 0 Å². The van der Waals surface area contributed by atoms with E-state index in [1.54, 1.807) is 6.33 Å². The van der Waals surface area contributed by atoms with E-state index in [-0.39, 0.29) is 0 Å². The fraction of sp³-hybridized carbons (Fsp3) is 0.846. The zero-order chi connectivity index (χ0) is 13.0. The minimum atomic E-state index is 0.375. The summed E-state index contributed by atoms with van der Waals surface area (Å²) in [4.78, 5) is 6.86. The smallest absolute Gasteiger partial charge is 0.141 e. The van der Waals surface area contributed by atoms with Crippen LogP contribution < -0.4 is 5.32 Å². The highest BCUT2D eigenvalue weighted by atomic mass is 15.4. The van der Waals surface area contributed by atoms with Gasteiger partial charge in [-0.1, -0.05) is 0 Å². The Labute approximate surface area is 110 Å². The second kappa shape index (κ2) is 6.29. The summed E-state index contributed by atoms with van der Waals surface area (Å²) in [6.07, 6.45) is 4.35. The SMILES string of the molecule is CC(CNCc1ncnn1C(C)C)N1CCCC1. The molecule has 0 saturated carbocycles. The van der Waals surface area contributed by atoms with Crippen molar-refractivity contribution in [1.29, 1.82) is 0 Å². The van der Waals surface area contributed by atoms with Crippen molar-refractivity contribution in [2.75, 3.05) is 19.6 Å². The highest BCUT2D eigenvalue weighted by Crippen LogP contribution is 2.11. The van der Waals surface area contributed by atoms with Gasteiger partial charge in [0.05, 0.1) is 6.54 Å². The summed E-state index contributed by atoms with van der Waals surface area (Å²) >= 11 is 0. The standard InChI is InChI=1S/C13H25N5/c1-11(2)18-13(15-10-16-18)9-14-8-12(3)17-6-4-5-7-17/h10-12,14H,4-9H2,1-3H3. The average molecular weight is 251 g/mol. The fourth-order valence-corrected chi connectivity index (χ4v) is 2.54. The van der Waals surface area contributed by atoms with Gasteiger partial charge in [-0.05, 0) is 46.7 Å². The molecule has 1 unspecified atom stereocenters. The Morgan fingerprint density at radius 3 is 2.67 bits per heavy atom. The van der Waals surface area contributed by atoms with Crippen molar-refractivity contribution in [3.8, 4) is 0 Å². The third-order valence-electron chi connectivity index (χ3n) is 3.62. The third-order valence-corrected chi connectivity index (χ3v) is 3.62. The first-order chi connectivity index (χ1) is 8.68. The molecule has 0 bridgehead atoms. The van der Waals surface area contributed by atoms with Crippen molar-refractivity contribution in [3.05, 3.63) is 12.2 Å². The Bertz CT molecular complexity index is 354. The number of likely N-dealkylation sites (tertiary alicyclic amines) is 1. The molecule has 2 heterocycles. The van der Waals surface area contributed by atoms with E-state index in [9.17, 15) is 0 Å². The van der Waals surface area contributed by atoms with Crippen molar-refractivity contribution < 1.29 is 0 Å². The molecule has 0 aliphatic carbocycles. The number of rotatable bonds is 6. The van der Waals surface area contributed by atoms with Crippen molar-refractivity contribution in [1.82, 2.24) is 25.0 Å². The van der Waals surface area contributed by atoms with Crippen LogP contribution in [0.3, 0.4) is 0 Å². The summed E-state index contributed by atoms with van der Waals surface area (Å²) in [5.74, 6) is 1.03. The maximum atomic E-state index is 4.31. The Kier molecular flexibility index (Phi) is 4.72. The van der Waals surface area contributed by atoms with E-state index in [2.05, 4.69) is 41.1 Å². The minimum absolute atomic E-state index is 0.375. The fourth-order valence-electron chi connectivity index (χ4n) is 2.54. The lowest BCUT2D eigenvalue weighted by molar-refractivity contribution is 0.250. The molecule has 1 aromatic rings. The van der Waals surface area contributed by atoms with Gasteiger partial charge in [-0.2, -0.15) is 5.10 Å². The van der Waals surface area contributed by atoms with Gasteiger partial charge in [0.2, 0.25) is 0 Å². The van der Waals surface area contributed by atoms with Gasteiger partial charge >= 0.3 is 0 Å².